The summed E-state index contributed by atoms with van der Waals surface area (Å²) in [4.78, 5) is 36.2. The molecule has 5 rings (SSSR count). The molecule has 3 heterocycles. The number of nitrogens with zero attached hydrogens (tertiary/aromatic N) is 2. The molecule has 7 heteroatoms. The Balaban J connectivity index is 1.60. The van der Waals surface area contributed by atoms with Crippen molar-refractivity contribution in [3.8, 4) is 11.5 Å². The first kappa shape index (κ1) is 21.4. The van der Waals surface area contributed by atoms with Crippen LogP contribution in [0.5, 0.6) is 11.5 Å². The van der Waals surface area contributed by atoms with Crippen molar-refractivity contribution in [2.45, 2.75) is 46.5 Å². The number of amides is 1. The molecule has 0 spiro atoms. The van der Waals surface area contributed by atoms with E-state index in [0.717, 1.165) is 17.0 Å². The van der Waals surface area contributed by atoms with E-state index in [1.807, 2.05) is 44.2 Å². The lowest BCUT2D eigenvalue weighted by Crippen LogP contribution is -2.41. The van der Waals surface area contributed by atoms with Crippen LogP contribution in [0.4, 0.5) is 5.82 Å². The minimum Gasteiger partial charge on any atom is -0.454 e. The molecule has 0 bridgehead atoms. The molecule has 0 fully saturated rings. The van der Waals surface area contributed by atoms with Gasteiger partial charge in [0.25, 0.3) is 0 Å². The van der Waals surface area contributed by atoms with E-state index < -0.39 is 11.8 Å². The van der Waals surface area contributed by atoms with Gasteiger partial charge in [0.1, 0.15) is 5.82 Å². The molecule has 1 aliphatic carbocycles. The summed E-state index contributed by atoms with van der Waals surface area (Å²) in [5, 5.41) is 2.94. The van der Waals surface area contributed by atoms with Crippen LogP contribution >= 0.6 is 0 Å². The summed E-state index contributed by atoms with van der Waals surface area (Å²) >= 11 is 0. The maximum atomic E-state index is 13.6. The number of benzene rings is 1. The molecule has 0 saturated carbocycles. The van der Waals surface area contributed by atoms with Crippen molar-refractivity contribution in [3.05, 3.63) is 58.9 Å². The molecule has 1 unspecified atom stereocenters. The first-order chi connectivity index (χ1) is 15.7. The van der Waals surface area contributed by atoms with Crippen molar-refractivity contribution in [3.63, 3.8) is 0 Å². The summed E-state index contributed by atoms with van der Waals surface area (Å²) in [6.07, 6.45) is 1.12. The zero-order valence-electron chi connectivity index (χ0n) is 19.3. The van der Waals surface area contributed by atoms with Gasteiger partial charge in [0, 0.05) is 35.0 Å². The Morgan fingerprint density at radius 1 is 1.09 bits per heavy atom. The first-order valence-corrected chi connectivity index (χ1v) is 11.2. The lowest BCUT2D eigenvalue weighted by Gasteiger charge is -2.39. The molecule has 0 radical (unpaired) electrons. The van der Waals surface area contributed by atoms with E-state index in [9.17, 15) is 9.59 Å². The summed E-state index contributed by atoms with van der Waals surface area (Å²) in [6.45, 7) is 8.06. The SMILES string of the molecule is CC1=NC2=C(C(=O)CC(C)(C)C2)[C@H](c2ccc3c(c2)OCO3)C1C(=O)Nc1cccc(C)n1. The summed E-state index contributed by atoms with van der Waals surface area (Å²) in [5.74, 6) is 0.478. The third kappa shape index (κ3) is 3.92. The summed E-state index contributed by atoms with van der Waals surface area (Å²) in [7, 11) is 0. The van der Waals surface area contributed by atoms with E-state index in [-0.39, 0.29) is 23.9 Å². The highest BCUT2D eigenvalue weighted by Crippen LogP contribution is 2.49. The molecule has 33 heavy (non-hydrogen) atoms. The monoisotopic (exact) mass is 445 g/mol. The molecule has 0 saturated heterocycles. The number of ketones is 1. The number of hydrogen-bond acceptors (Lipinski definition) is 6. The number of nitrogens with one attached hydrogen (secondary N) is 1. The Hall–Kier alpha value is -3.48. The number of allylic oxidation sites excluding steroid dienone is 2. The van der Waals surface area contributed by atoms with E-state index in [4.69, 9.17) is 14.5 Å². The zero-order chi connectivity index (χ0) is 23.3. The number of pyridine rings is 1. The van der Waals surface area contributed by atoms with Crippen LogP contribution in [0.2, 0.25) is 0 Å². The predicted molar refractivity (Wildman–Crippen MR) is 125 cm³/mol. The largest absolute Gasteiger partial charge is 0.454 e. The first-order valence-electron chi connectivity index (χ1n) is 11.2. The second-order valence-corrected chi connectivity index (χ2v) is 9.78. The van der Waals surface area contributed by atoms with Gasteiger partial charge in [-0.15, -0.1) is 0 Å². The number of anilines is 1. The van der Waals surface area contributed by atoms with Crippen LogP contribution in [-0.4, -0.2) is 29.2 Å². The molecular formula is C26H27N3O4. The molecule has 1 aromatic heterocycles. The van der Waals surface area contributed by atoms with Gasteiger partial charge in [0.2, 0.25) is 12.7 Å². The number of ether oxygens (including phenoxy) is 2. The highest BCUT2D eigenvalue weighted by molar-refractivity contribution is 6.13. The van der Waals surface area contributed by atoms with Gasteiger partial charge in [0.15, 0.2) is 17.3 Å². The van der Waals surface area contributed by atoms with Gasteiger partial charge in [-0.05, 0) is 55.5 Å². The third-order valence-corrected chi connectivity index (χ3v) is 6.48. The predicted octanol–water partition coefficient (Wildman–Crippen LogP) is 4.57. The second-order valence-electron chi connectivity index (χ2n) is 9.78. The van der Waals surface area contributed by atoms with Crippen LogP contribution in [0.15, 0.2) is 52.7 Å². The van der Waals surface area contributed by atoms with Crippen molar-refractivity contribution in [1.82, 2.24) is 4.98 Å². The molecule has 170 valence electrons. The minimum atomic E-state index is -0.642. The highest BCUT2D eigenvalue weighted by Gasteiger charge is 2.45. The number of aromatic nitrogens is 1. The smallest absolute Gasteiger partial charge is 0.235 e. The number of carbonyl (C=O) groups excluding carboxylic acids is 2. The van der Waals surface area contributed by atoms with Crippen molar-refractivity contribution in [2.24, 2.45) is 16.3 Å². The summed E-state index contributed by atoms with van der Waals surface area (Å²) < 4.78 is 11.1. The fourth-order valence-electron chi connectivity index (χ4n) is 5.07. The number of carbonyl (C=O) groups is 2. The lowest BCUT2D eigenvalue weighted by atomic mass is 9.66. The molecule has 7 nitrogen and oxygen atoms in total. The minimum absolute atomic E-state index is 0.0478. The number of hydrogen-bond donors (Lipinski definition) is 1. The molecular weight excluding hydrogens is 418 g/mol. The van der Waals surface area contributed by atoms with Gasteiger partial charge in [-0.1, -0.05) is 26.0 Å². The van der Waals surface area contributed by atoms with Gasteiger partial charge in [0.05, 0.1) is 5.92 Å². The molecule has 1 aromatic carbocycles. The fraction of sp³-hybridized carbons (Fsp3) is 0.385. The molecule has 1 amide bonds. The number of fused-ring (bicyclic) bond motifs is 1. The van der Waals surface area contributed by atoms with Gasteiger partial charge in [-0.25, -0.2) is 4.98 Å². The quantitative estimate of drug-likeness (QED) is 0.747. The van der Waals surface area contributed by atoms with E-state index >= 15 is 0 Å². The fourth-order valence-corrected chi connectivity index (χ4v) is 5.07. The number of rotatable bonds is 3. The lowest BCUT2D eigenvalue weighted by molar-refractivity contribution is -0.119. The normalized spacial score (nSPS) is 23.2. The Kier molecular flexibility index (Phi) is 5.07. The number of aryl methyl sites for hydroxylation is 1. The molecule has 2 aliphatic heterocycles. The van der Waals surface area contributed by atoms with Gasteiger partial charge < -0.3 is 14.8 Å². The van der Waals surface area contributed by atoms with Crippen LogP contribution in [0, 0.1) is 18.3 Å². The van der Waals surface area contributed by atoms with E-state index in [2.05, 4.69) is 24.1 Å². The van der Waals surface area contributed by atoms with Gasteiger partial charge in [-0.2, -0.15) is 0 Å². The van der Waals surface area contributed by atoms with Crippen LogP contribution in [0.25, 0.3) is 0 Å². The Morgan fingerprint density at radius 3 is 2.67 bits per heavy atom. The van der Waals surface area contributed by atoms with Crippen LogP contribution in [-0.2, 0) is 9.59 Å². The van der Waals surface area contributed by atoms with Crippen molar-refractivity contribution in [1.29, 1.82) is 0 Å². The summed E-state index contributed by atoms with van der Waals surface area (Å²) in [6, 6.07) is 11.1. The van der Waals surface area contributed by atoms with Crippen LogP contribution < -0.4 is 14.8 Å². The standard InChI is InChI=1S/C26H27N3O4/c1-14-6-5-7-21(27-14)29-25(31)22-15(2)28-17-11-26(3,4)12-18(30)24(17)23(22)16-8-9-19-20(10-16)33-13-32-19/h5-10,22-23H,11-13H2,1-4H3,(H,27,29,31)/t22?,23-/m1/s1. The molecule has 3 aliphatic rings. The van der Waals surface area contributed by atoms with E-state index in [1.165, 1.54) is 0 Å². The Bertz CT molecular complexity index is 1230. The van der Waals surface area contributed by atoms with Gasteiger partial charge >= 0.3 is 0 Å². The molecule has 2 aromatic rings. The van der Waals surface area contributed by atoms with Crippen molar-refractivity contribution in [2.75, 3.05) is 12.1 Å². The van der Waals surface area contributed by atoms with Gasteiger partial charge in [-0.3, -0.25) is 14.6 Å². The average molecular weight is 446 g/mol. The average Bonchev–Trinajstić information content (AvgIpc) is 3.19. The maximum Gasteiger partial charge on any atom is 0.235 e. The van der Waals surface area contributed by atoms with Crippen molar-refractivity contribution >= 4 is 23.2 Å². The third-order valence-electron chi connectivity index (χ3n) is 6.48. The number of aliphatic imine (C=N–C) groups is 1. The van der Waals surface area contributed by atoms with E-state index in [0.29, 0.717) is 41.4 Å². The second kappa shape index (κ2) is 7.83. The number of Topliss-reactive ketones (excluding diaryl/α,β-unsaturated/α-hetero) is 1. The Morgan fingerprint density at radius 2 is 1.88 bits per heavy atom. The van der Waals surface area contributed by atoms with E-state index in [1.54, 1.807) is 6.07 Å². The van der Waals surface area contributed by atoms with Crippen LogP contribution in [0.1, 0.15) is 50.8 Å². The topological polar surface area (TPSA) is 89.9 Å². The molecule has 1 N–H and O–H groups in total. The zero-order valence-corrected chi connectivity index (χ0v) is 19.3. The molecule has 2 atom stereocenters. The summed E-state index contributed by atoms with van der Waals surface area (Å²) in [5.41, 5.74) is 3.59. The van der Waals surface area contributed by atoms with Crippen molar-refractivity contribution < 1.29 is 19.1 Å². The highest BCUT2D eigenvalue weighted by atomic mass is 16.7. The van der Waals surface area contributed by atoms with Crippen LogP contribution in [0.3, 0.4) is 0 Å². The maximum absolute atomic E-state index is 13.6. The Labute approximate surface area is 192 Å².